The molecule has 1 amide bonds. The quantitative estimate of drug-likeness (QED) is 0.284. The molecule has 0 saturated heterocycles. The first-order valence-electron chi connectivity index (χ1n) is 9.57. The van der Waals surface area contributed by atoms with Crippen molar-refractivity contribution in [2.75, 3.05) is 26.4 Å². The van der Waals surface area contributed by atoms with E-state index in [2.05, 4.69) is 5.32 Å². The van der Waals surface area contributed by atoms with E-state index in [0.717, 1.165) is 25.7 Å². The van der Waals surface area contributed by atoms with E-state index in [-0.39, 0.29) is 25.1 Å². The SMILES string of the molecule is CCCCOC(=O)CCCCCOC(=O)NCCOC(=O)C(C)(C)CC. The average Bonchev–Trinajstić information content (AvgIpc) is 2.61. The molecule has 0 spiro atoms. The maximum Gasteiger partial charge on any atom is 0.407 e. The molecule has 0 aliphatic carbocycles. The molecule has 0 radical (unpaired) electrons. The van der Waals surface area contributed by atoms with Gasteiger partial charge in [-0.2, -0.15) is 0 Å². The van der Waals surface area contributed by atoms with Crippen LogP contribution in [0.5, 0.6) is 0 Å². The van der Waals surface area contributed by atoms with Crippen LogP contribution in [0.25, 0.3) is 0 Å². The van der Waals surface area contributed by atoms with Crippen LogP contribution in [0.15, 0.2) is 0 Å². The summed E-state index contributed by atoms with van der Waals surface area (Å²) in [5, 5.41) is 2.53. The number of hydrogen-bond acceptors (Lipinski definition) is 6. The van der Waals surface area contributed by atoms with Crippen molar-refractivity contribution in [3.05, 3.63) is 0 Å². The molecule has 0 aromatic rings. The highest BCUT2D eigenvalue weighted by molar-refractivity contribution is 5.75. The molecule has 0 saturated carbocycles. The van der Waals surface area contributed by atoms with Crippen LogP contribution in [-0.4, -0.2) is 44.4 Å². The number of hydrogen-bond donors (Lipinski definition) is 1. The van der Waals surface area contributed by atoms with E-state index in [4.69, 9.17) is 14.2 Å². The lowest BCUT2D eigenvalue weighted by Gasteiger charge is -2.20. The second-order valence-electron chi connectivity index (χ2n) is 6.82. The van der Waals surface area contributed by atoms with Gasteiger partial charge in [0.05, 0.1) is 25.2 Å². The summed E-state index contributed by atoms with van der Waals surface area (Å²) in [4.78, 5) is 34.6. The van der Waals surface area contributed by atoms with Crippen LogP contribution in [0.1, 0.15) is 72.6 Å². The predicted octanol–water partition coefficient (Wildman–Crippen LogP) is 3.60. The van der Waals surface area contributed by atoms with Gasteiger partial charge >= 0.3 is 18.0 Å². The fourth-order valence-electron chi connectivity index (χ4n) is 1.80. The summed E-state index contributed by atoms with van der Waals surface area (Å²) in [7, 11) is 0. The smallest absolute Gasteiger partial charge is 0.407 e. The Bertz CT molecular complexity index is 422. The van der Waals surface area contributed by atoms with Crippen molar-refractivity contribution >= 4 is 18.0 Å². The van der Waals surface area contributed by atoms with E-state index in [1.165, 1.54) is 0 Å². The molecule has 152 valence electrons. The standard InChI is InChI=1S/C19H35NO6/c1-5-7-13-24-16(21)11-9-8-10-14-26-18(23)20-12-15-25-17(22)19(3,4)6-2/h5-15H2,1-4H3,(H,20,23). The second kappa shape index (κ2) is 14.4. The second-order valence-corrected chi connectivity index (χ2v) is 6.82. The van der Waals surface area contributed by atoms with Crippen LogP contribution in [0, 0.1) is 5.41 Å². The Balaban J connectivity index is 3.53. The normalized spacial score (nSPS) is 10.9. The number of esters is 2. The topological polar surface area (TPSA) is 90.9 Å². The van der Waals surface area contributed by atoms with Gasteiger partial charge in [0.2, 0.25) is 0 Å². The summed E-state index contributed by atoms with van der Waals surface area (Å²) in [6.45, 7) is 8.73. The highest BCUT2D eigenvalue weighted by Gasteiger charge is 2.26. The summed E-state index contributed by atoms with van der Waals surface area (Å²) in [6.07, 6.45) is 4.66. The summed E-state index contributed by atoms with van der Waals surface area (Å²) in [5.41, 5.74) is -0.511. The number of rotatable bonds is 14. The molecule has 0 aliphatic rings. The van der Waals surface area contributed by atoms with E-state index in [9.17, 15) is 14.4 Å². The van der Waals surface area contributed by atoms with Gasteiger partial charge in [0.1, 0.15) is 6.61 Å². The Hall–Kier alpha value is -1.79. The number of ether oxygens (including phenoxy) is 3. The average molecular weight is 373 g/mol. The van der Waals surface area contributed by atoms with Crippen LogP contribution in [0.4, 0.5) is 4.79 Å². The zero-order valence-electron chi connectivity index (χ0n) is 16.7. The fraction of sp³-hybridized carbons (Fsp3) is 0.842. The van der Waals surface area contributed by atoms with Crippen LogP contribution in [0.2, 0.25) is 0 Å². The van der Waals surface area contributed by atoms with Crippen molar-refractivity contribution in [2.45, 2.75) is 72.6 Å². The van der Waals surface area contributed by atoms with Crippen LogP contribution in [-0.2, 0) is 23.8 Å². The van der Waals surface area contributed by atoms with Gasteiger partial charge in [0, 0.05) is 6.42 Å². The van der Waals surface area contributed by atoms with E-state index < -0.39 is 11.5 Å². The minimum absolute atomic E-state index is 0.123. The first kappa shape index (κ1) is 24.2. The van der Waals surface area contributed by atoms with Crippen LogP contribution in [0.3, 0.4) is 0 Å². The summed E-state index contributed by atoms with van der Waals surface area (Å²) < 4.78 is 15.2. The molecule has 0 bridgehead atoms. The van der Waals surface area contributed by atoms with Crippen LogP contribution < -0.4 is 5.32 Å². The Morgan fingerprint density at radius 3 is 2.19 bits per heavy atom. The summed E-state index contributed by atoms with van der Waals surface area (Å²) >= 11 is 0. The first-order valence-corrected chi connectivity index (χ1v) is 9.57. The van der Waals surface area contributed by atoms with Gasteiger partial charge in [-0.15, -0.1) is 0 Å². The molecule has 0 fully saturated rings. The van der Waals surface area contributed by atoms with Gasteiger partial charge in [0.25, 0.3) is 0 Å². The Kier molecular flexibility index (Phi) is 13.4. The Morgan fingerprint density at radius 2 is 1.54 bits per heavy atom. The third-order valence-corrected chi connectivity index (χ3v) is 4.06. The number of amides is 1. The minimum Gasteiger partial charge on any atom is -0.466 e. The molecule has 1 N–H and O–H groups in total. The highest BCUT2D eigenvalue weighted by atomic mass is 16.6. The molecule has 0 aromatic carbocycles. The molecule has 0 rings (SSSR count). The number of carbonyl (C=O) groups excluding carboxylic acids is 3. The molecule has 26 heavy (non-hydrogen) atoms. The zero-order valence-corrected chi connectivity index (χ0v) is 16.7. The van der Waals surface area contributed by atoms with E-state index in [0.29, 0.717) is 32.5 Å². The molecular weight excluding hydrogens is 338 g/mol. The van der Waals surface area contributed by atoms with E-state index in [1.54, 1.807) is 0 Å². The molecule has 0 aliphatic heterocycles. The van der Waals surface area contributed by atoms with E-state index >= 15 is 0 Å². The Labute approximate surface area is 157 Å². The summed E-state index contributed by atoms with van der Waals surface area (Å²) in [5.74, 6) is -0.443. The molecule has 7 heteroatoms. The molecule has 0 atom stereocenters. The maximum atomic E-state index is 11.7. The minimum atomic E-state index is -0.533. The highest BCUT2D eigenvalue weighted by Crippen LogP contribution is 2.21. The van der Waals surface area contributed by atoms with Crippen molar-refractivity contribution in [1.82, 2.24) is 5.32 Å². The first-order chi connectivity index (χ1) is 12.3. The van der Waals surface area contributed by atoms with Crippen molar-refractivity contribution in [1.29, 1.82) is 0 Å². The Morgan fingerprint density at radius 1 is 0.846 bits per heavy atom. The molecular formula is C19H35NO6. The predicted molar refractivity (Wildman–Crippen MR) is 98.7 cm³/mol. The van der Waals surface area contributed by atoms with Crippen molar-refractivity contribution in [3.63, 3.8) is 0 Å². The van der Waals surface area contributed by atoms with Gasteiger partial charge in [-0.25, -0.2) is 4.79 Å². The molecule has 0 unspecified atom stereocenters. The lowest BCUT2D eigenvalue weighted by Crippen LogP contribution is -2.32. The van der Waals surface area contributed by atoms with Crippen LogP contribution >= 0.6 is 0 Å². The number of unbranched alkanes of at least 4 members (excludes halogenated alkanes) is 3. The fourth-order valence-corrected chi connectivity index (χ4v) is 1.80. The monoisotopic (exact) mass is 373 g/mol. The van der Waals surface area contributed by atoms with Crippen molar-refractivity contribution in [3.8, 4) is 0 Å². The third kappa shape index (κ3) is 12.6. The lowest BCUT2D eigenvalue weighted by atomic mass is 9.91. The van der Waals surface area contributed by atoms with E-state index in [1.807, 2.05) is 27.7 Å². The number of nitrogens with one attached hydrogen (secondary N) is 1. The van der Waals surface area contributed by atoms with Gasteiger partial charge in [0.15, 0.2) is 0 Å². The number of carbonyl (C=O) groups is 3. The summed E-state index contributed by atoms with van der Waals surface area (Å²) in [6, 6.07) is 0. The molecule has 7 nitrogen and oxygen atoms in total. The zero-order chi connectivity index (χ0) is 19.8. The van der Waals surface area contributed by atoms with Gasteiger partial charge in [-0.05, 0) is 46.0 Å². The third-order valence-electron chi connectivity index (χ3n) is 4.06. The largest absolute Gasteiger partial charge is 0.466 e. The number of alkyl carbamates (subject to hydrolysis) is 1. The maximum absolute atomic E-state index is 11.7. The molecule has 0 aromatic heterocycles. The lowest BCUT2D eigenvalue weighted by molar-refractivity contribution is -0.154. The van der Waals surface area contributed by atoms with Gasteiger partial charge in [-0.1, -0.05) is 20.3 Å². The van der Waals surface area contributed by atoms with Gasteiger partial charge in [-0.3, -0.25) is 9.59 Å². The molecule has 0 heterocycles. The van der Waals surface area contributed by atoms with Crippen molar-refractivity contribution < 1.29 is 28.6 Å². The van der Waals surface area contributed by atoms with Crippen molar-refractivity contribution in [2.24, 2.45) is 5.41 Å². The van der Waals surface area contributed by atoms with Gasteiger partial charge < -0.3 is 19.5 Å².